The van der Waals surface area contributed by atoms with Crippen LogP contribution in [0.3, 0.4) is 0 Å². The Morgan fingerprint density at radius 2 is 1.50 bits per heavy atom. The molecule has 0 radical (unpaired) electrons. The molecule has 3 aliphatic rings. The van der Waals surface area contributed by atoms with Crippen molar-refractivity contribution in [2.75, 3.05) is 6.61 Å². The standard InChI is InChI=1S/C19H32O5/c1-2-15-21-17(20)14-12-10-8-6-4-3-5-7-9-11-13-16-18-19(22-16,23-18)24-18/h16H,2-15H2,1H3. The predicted octanol–water partition coefficient (Wildman–Crippen LogP) is 4.43. The summed E-state index contributed by atoms with van der Waals surface area (Å²) >= 11 is 0. The fraction of sp³-hybridized carbons (Fsp3) is 0.947. The summed E-state index contributed by atoms with van der Waals surface area (Å²) in [6, 6.07) is 0. The summed E-state index contributed by atoms with van der Waals surface area (Å²) < 4.78 is 21.2. The van der Waals surface area contributed by atoms with Gasteiger partial charge in [-0.2, -0.15) is 0 Å². The first-order valence-corrected chi connectivity index (χ1v) is 9.96. The van der Waals surface area contributed by atoms with Crippen molar-refractivity contribution < 1.29 is 23.7 Å². The summed E-state index contributed by atoms with van der Waals surface area (Å²) in [5.74, 6) is -0.830. The van der Waals surface area contributed by atoms with Crippen LogP contribution in [0.5, 0.6) is 0 Å². The molecule has 1 unspecified atom stereocenters. The van der Waals surface area contributed by atoms with E-state index >= 15 is 0 Å². The summed E-state index contributed by atoms with van der Waals surface area (Å²) in [6.45, 7) is 2.58. The molecule has 5 heteroatoms. The van der Waals surface area contributed by atoms with Gasteiger partial charge >= 0.3 is 11.9 Å². The van der Waals surface area contributed by atoms with Gasteiger partial charge in [-0.15, -0.1) is 0 Å². The maximum absolute atomic E-state index is 11.3. The van der Waals surface area contributed by atoms with Gasteiger partial charge in [-0.1, -0.05) is 64.7 Å². The van der Waals surface area contributed by atoms with Gasteiger partial charge in [-0.05, 0) is 19.3 Å². The van der Waals surface area contributed by atoms with Crippen LogP contribution in [0.1, 0.15) is 90.4 Å². The second-order valence-electron chi connectivity index (χ2n) is 7.33. The van der Waals surface area contributed by atoms with Gasteiger partial charge in [-0.3, -0.25) is 14.3 Å². The van der Waals surface area contributed by atoms with Crippen molar-refractivity contribution in [1.82, 2.24) is 0 Å². The smallest absolute Gasteiger partial charge is 0.349 e. The molecule has 24 heavy (non-hydrogen) atoms. The Morgan fingerprint density at radius 3 is 2.00 bits per heavy atom. The lowest BCUT2D eigenvalue weighted by atomic mass is 10.0. The van der Waals surface area contributed by atoms with Crippen molar-refractivity contribution >= 4 is 5.97 Å². The number of epoxide rings is 2. The van der Waals surface area contributed by atoms with E-state index in [-0.39, 0.29) is 17.9 Å². The second-order valence-corrected chi connectivity index (χ2v) is 7.33. The van der Waals surface area contributed by atoms with Gasteiger partial charge in [0.05, 0.1) is 6.61 Å². The zero-order chi connectivity index (χ0) is 16.9. The highest BCUT2D eigenvalue weighted by atomic mass is 17.2. The van der Waals surface area contributed by atoms with E-state index in [0.717, 1.165) is 25.7 Å². The number of hydrogen-bond donors (Lipinski definition) is 0. The molecule has 5 nitrogen and oxygen atoms in total. The summed E-state index contributed by atoms with van der Waals surface area (Å²) in [5, 5.41) is 0. The van der Waals surface area contributed by atoms with E-state index in [1.807, 2.05) is 6.92 Å². The fourth-order valence-corrected chi connectivity index (χ4v) is 3.57. The number of rotatable bonds is 15. The molecule has 0 aromatic rings. The zero-order valence-corrected chi connectivity index (χ0v) is 15.0. The molecule has 0 aromatic heterocycles. The molecule has 0 bridgehead atoms. The van der Waals surface area contributed by atoms with Crippen LogP contribution in [-0.4, -0.2) is 30.4 Å². The zero-order valence-electron chi connectivity index (χ0n) is 15.0. The van der Waals surface area contributed by atoms with Crippen LogP contribution >= 0.6 is 0 Å². The van der Waals surface area contributed by atoms with Crippen LogP contribution in [0, 0.1) is 0 Å². The fourth-order valence-electron chi connectivity index (χ4n) is 3.57. The first-order valence-electron chi connectivity index (χ1n) is 9.96. The molecule has 0 saturated carbocycles. The third kappa shape index (κ3) is 4.12. The van der Waals surface area contributed by atoms with Crippen LogP contribution in [0.2, 0.25) is 0 Å². The molecule has 0 aromatic carbocycles. The molecule has 3 aliphatic heterocycles. The number of esters is 1. The van der Waals surface area contributed by atoms with E-state index in [1.165, 1.54) is 51.4 Å². The molecule has 138 valence electrons. The number of hydrogen-bond acceptors (Lipinski definition) is 5. The molecule has 0 aliphatic carbocycles. The van der Waals surface area contributed by atoms with Crippen molar-refractivity contribution in [2.24, 2.45) is 0 Å². The lowest BCUT2D eigenvalue weighted by molar-refractivity contribution is -0.144. The van der Waals surface area contributed by atoms with Crippen LogP contribution in [0.25, 0.3) is 0 Å². The van der Waals surface area contributed by atoms with E-state index in [4.69, 9.17) is 18.9 Å². The average Bonchev–Trinajstić information content (AvgIpc) is 3.27. The maximum atomic E-state index is 11.3. The summed E-state index contributed by atoms with van der Waals surface area (Å²) in [6.07, 6.45) is 15.2. The van der Waals surface area contributed by atoms with Gasteiger partial charge in [0.1, 0.15) is 6.10 Å². The molecular weight excluding hydrogens is 308 g/mol. The first kappa shape index (κ1) is 18.2. The summed E-state index contributed by atoms with van der Waals surface area (Å²) in [5.41, 5.74) is 0. The Kier molecular flexibility index (Phi) is 6.17. The Morgan fingerprint density at radius 1 is 0.917 bits per heavy atom. The summed E-state index contributed by atoms with van der Waals surface area (Å²) in [4.78, 5) is 11.3. The average molecular weight is 340 g/mol. The third-order valence-corrected chi connectivity index (χ3v) is 5.20. The molecule has 3 heterocycles. The largest absolute Gasteiger partial charge is 0.466 e. The van der Waals surface area contributed by atoms with Gasteiger partial charge in [0.15, 0.2) is 0 Å². The minimum Gasteiger partial charge on any atom is -0.466 e. The lowest BCUT2D eigenvalue weighted by Gasteiger charge is -2.15. The number of carbonyl (C=O) groups is 1. The van der Waals surface area contributed by atoms with Crippen molar-refractivity contribution in [3.63, 3.8) is 0 Å². The minimum atomic E-state index is -0.534. The van der Waals surface area contributed by atoms with Gasteiger partial charge in [-0.25, -0.2) is 0 Å². The normalized spacial score (nSPS) is 31.8. The molecule has 0 N–H and O–H groups in total. The monoisotopic (exact) mass is 340 g/mol. The van der Waals surface area contributed by atoms with Gasteiger partial charge in [0, 0.05) is 6.42 Å². The van der Waals surface area contributed by atoms with Gasteiger partial charge in [0.2, 0.25) is 0 Å². The molecule has 3 fully saturated rings. The summed E-state index contributed by atoms with van der Waals surface area (Å²) in [7, 11) is 0. The van der Waals surface area contributed by atoms with Crippen molar-refractivity contribution in [2.45, 2.75) is 108 Å². The SMILES string of the molecule is CCCOC(=O)CCCCCCCCCCCCC1OC23OC12O3. The Balaban J connectivity index is 1.01. The highest BCUT2D eigenvalue weighted by molar-refractivity contribution is 5.69. The second kappa shape index (κ2) is 8.15. The third-order valence-electron chi connectivity index (χ3n) is 5.20. The number of unbranched alkanes of at least 4 members (excludes halogenated alkanes) is 9. The van der Waals surface area contributed by atoms with E-state index in [9.17, 15) is 4.79 Å². The van der Waals surface area contributed by atoms with E-state index in [2.05, 4.69) is 0 Å². The quantitative estimate of drug-likeness (QED) is 0.251. The highest BCUT2D eigenvalue weighted by Gasteiger charge is 3.05. The Labute approximate surface area is 145 Å². The van der Waals surface area contributed by atoms with Crippen molar-refractivity contribution in [3.8, 4) is 0 Å². The Hall–Kier alpha value is -0.650. The number of carbonyl (C=O) groups excluding carboxylic acids is 1. The minimum absolute atomic E-state index is 0.0315. The molecule has 0 spiro atoms. The topological polar surface area (TPSA) is 60.6 Å². The van der Waals surface area contributed by atoms with Crippen LogP contribution in [0.15, 0.2) is 0 Å². The van der Waals surface area contributed by atoms with Crippen LogP contribution in [-0.2, 0) is 23.7 Å². The lowest BCUT2D eigenvalue weighted by Crippen LogP contribution is -2.33. The van der Waals surface area contributed by atoms with Crippen LogP contribution < -0.4 is 0 Å². The van der Waals surface area contributed by atoms with E-state index in [0.29, 0.717) is 13.0 Å². The van der Waals surface area contributed by atoms with Crippen molar-refractivity contribution in [3.05, 3.63) is 0 Å². The predicted molar refractivity (Wildman–Crippen MR) is 89.2 cm³/mol. The molecule has 0 amide bonds. The van der Waals surface area contributed by atoms with Crippen LogP contribution in [0.4, 0.5) is 0 Å². The van der Waals surface area contributed by atoms with E-state index < -0.39 is 5.97 Å². The Bertz CT molecular complexity index is 416. The maximum Gasteiger partial charge on any atom is 0.349 e. The molecular formula is C19H32O5. The van der Waals surface area contributed by atoms with Crippen molar-refractivity contribution in [1.29, 1.82) is 0 Å². The van der Waals surface area contributed by atoms with Gasteiger partial charge in [0.25, 0.3) is 5.79 Å². The number of ether oxygens (including phenoxy) is 4. The molecule has 3 saturated heterocycles. The molecule has 1 atom stereocenters. The highest BCUT2D eigenvalue weighted by Crippen LogP contribution is 2.79. The first-order chi connectivity index (χ1) is 11.7. The van der Waals surface area contributed by atoms with Gasteiger partial charge < -0.3 is 9.47 Å². The van der Waals surface area contributed by atoms with E-state index in [1.54, 1.807) is 0 Å². The molecule has 3 rings (SSSR count).